The lowest BCUT2D eigenvalue weighted by atomic mass is 10.2. The summed E-state index contributed by atoms with van der Waals surface area (Å²) in [6, 6.07) is 4.07. The number of hydrogen-bond acceptors (Lipinski definition) is 2. The zero-order chi connectivity index (χ0) is 9.14. The molecule has 1 aromatic rings. The number of hydrogen-bond donors (Lipinski definition) is 1. The summed E-state index contributed by atoms with van der Waals surface area (Å²) in [6.07, 6.45) is 0. The summed E-state index contributed by atoms with van der Waals surface area (Å²) < 4.78 is 35.5. The fraction of sp³-hybridized carbons (Fsp3) is 0.143. The first-order valence-corrected chi connectivity index (χ1v) is 4.18. The lowest BCUT2D eigenvalue weighted by Gasteiger charge is -2.01. The predicted molar refractivity (Wildman–Crippen MR) is 42.5 cm³/mol. The molecule has 1 unspecified atom stereocenters. The molecule has 0 heterocycles. The van der Waals surface area contributed by atoms with Crippen LogP contribution >= 0.6 is 0 Å². The molecule has 0 aromatic heterocycles. The van der Waals surface area contributed by atoms with Crippen molar-refractivity contribution < 1.29 is 17.3 Å². The van der Waals surface area contributed by atoms with Crippen molar-refractivity contribution in [3.8, 4) is 5.75 Å². The molecule has 0 spiro atoms. The van der Waals surface area contributed by atoms with Gasteiger partial charge in [-0.2, -0.15) is 4.21 Å². The quantitative estimate of drug-likeness (QED) is 0.721. The van der Waals surface area contributed by atoms with Gasteiger partial charge in [-0.25, -0.2) is 4.39 Å². The van der Waals surface area contributed by atoms with Crippen LogP contribution in [-0.4, -0.2) is 8.76 Å². The van der Waals surface area contributed by atoms with E-state index in [1.54, 1.807) is 13.0 Å². The van der Waals surface area contributed by atoms with Gasteiger partial charge in [0.2, 0.25) is 0 Å². The van der Waals surface area contributed by atoms with Gasteiger partial charge in [0.25, 0.3) is 0 Å². The first kappa shape index (κ1) is 9.15. The molecule has 0 aliphatic rings. The van der Waals surface area contributed by atoms with Crippen LogP contribution in [0.4, 0.5) is 4.39 Å². The molecule has 0 saturated carbocycles. The minimum Gasteiger partial charge on any atom is -0.377 e. The molecule has 5 heteroatoms. The first-order valence-electron chi connectivity index (χ1n) is 3.15. The van der Waals surface area contributed by atoms with E-state index in [9.17, 15) is 8.60 Å². The number of rotatable bonds is 2. The third-order valence-electron chi connectivity index (χ3n) is 1.25. The van der Waals surface area contributed by atoms with Crippen LogP contribution in [0.2, 0.25) is 0 Å². The van der Waals surface area contributed by atoms with Gasteiger partial charge in [-0.1, -0.05) is 6.07 Å². The Kier molecular flexibility index (Phi) is 2.78. The summed E-state index contributed by atoms with van der Waals surface area (Å²) >= 11 is -2.48. The van der Waals surface area contributed by atoms with Gasteiger partial charge in [0.05, 0.1) is 0 Å². The minimum absolute atomic E-state index is 0.212. The third-order valence-corrected chi connectivity index (χ3v) is 1.57. The third kappa shape index (κ3) is 2.28. The van der Waals surface area contributed by atoms with Crippen molar-refractivity contribution in [1.82, 2.24) is 0 Å². The molecule has 3 nitrogen and oxygen atoms in total. The van der Waals surface area contributed by atoms with Crippen molar-refractivity contribution in [3.05, 3.63) is 29.6 Å². The van der Waals surface area contributed by atoms with E-state index in [1.807, 2.05) is 0 Å². The monoisotopic (exact) mass is 190 g/mol. The van der Waals surface area contributed by atoms with E-state index >= 15 is 0 Å². The molecule has 0 aliphatic carbocycles. The van der Waals surface area contributed by atoms with Crippen molar-refractivity contribution in [2.75, 3.05) is 0 Å². The molecule has 0 aliphatic heterocycles. The Hall–Kier alpha value is -0.940. The van der Waals surface area contributed by atoms with E-state index in [0.29, 0.717) is 0 Å². The summed E-state index contributed by atoms with van der Waals surface area (Å²) in [4.78, 5) is 0. The molecule has 12 heavy (non-hydrogen) atoms. The Bertz CT molecular complexity index is 314. The Labute approximate surface area is 71.7 Å². The lowest BCUT2D eigenvalue weighted by molar-refractivity contribution is 0.439. The molecule has 0 amide bonds. The standard InChI is InChI=1S/C7H7FO3S/c1-5-2-3-6(8)7(4-5)11-12(9)10/h2-4H,1H3,(H,9,10). The molecule has 1 rings (SSSR count). The van der Waals surface area contributed by atoms with E-state index in [1.165, 1.54) is 12.1 Å². The summed E-state index contributed by atoms with van der Waals surface area (Å²) in [5.41, 5.74) is 0.761. The van der Waals surface area contributed by atoms with Crippen LogP contribution in [0.1, 0.15) is 5.56 Å². The van der Waals surface area contributed by atoms with Gasteiger partial charge in [0.15, 0.2) is 11.6 Å². The number of aryl methyl sites for hydroxylation is 1. The van der Waals surface area contributed by atoms with Gasteiger partial charge in [0, 0.05) is 0 Å². The van der Waals surface area contributed by atoms with Crippen molar-refractivity contribution in [2.24, 2.45) is 0 Å². The lowest BCUT2D eigenvalue weighted by Crippen LogP contribution is -1.99. The van der Waals surface area contributed by atoms with E-state index in [0.717, 1.165) is 5.56 Å². The summed E-state index contributed by atoms with van der Waals surface area (Å²) in [5.74, 6) is -0.862. The largest absolute Gasteiger partial charge is 0.377 e. The number of benzene rings is 1. The normalized spacial score (nSPS) is 12.6. The maximum atomic E-state index is 12.8. The molecule has 66 valence electrons. The molecule has 1 aromatic carbocycles. The van der Waals surface area contributed by atoms with Crippen LogP contribution in [0.25, 0.3) is 0 Å². The van der Waals surface area contributed by atoms with Gasteiger partial charge in [0.1, 0.15) is 0 Å². The van der Waals surface area contributed by atoms with Crippen LogP contribution in [0.15, 0.2) is 18.2 Å². The Morgan fingerprint density at radius 1 is 1.58 bits per heavy atom. The van der Waals surface area contributed by atoms with Crippen LogP contribution in [0.3, 0.4) is 0 Å². The maximum Gasteiger partial charge on any atom is 0.357 e. The summed E-state index contributed by atoms with van der Waals surface area (Å²) in [7, 11) is 0. The highest BCUT2D eigenvalue weighted by atomic mass is 32.2. The van der Waals surface area contributed by atoms with E-state index in [2.05, 4.69) is 4.18 Å². The second-order valence-corrected chi connectivity index (χ2v) is 2.84. The number of halogens is 1. The average Bonchev–Trinajstić information content (AvgIpc) is 1.96. The molecule has 1 atom stereocenters. The van der Waals surface area contributed by atoms with E-state index < -0.39 is 17.2 Å². The minimum atomic E-state index is -2.48. The van der Waals surface area contributed by atoms with Gasteiger partial charge in [-0.15, -0.1) is 0 Å². The second-order valence-electron chi connectivity index (χ2n) is 2.23. The summed E-state index contributed by atoms with van der Waals surface area (Å²) in [6.45, 7) is 1.73. The van der Waals surface area contributed by atoms with Crippen LogP contribution in [0, 0.1) is 12.7 Å². The second kappa shape index (κ2) is 3.64. The molecular formula is C7H7FO3S. The fourth-order valence-electron chi connectivity index (χ4n) is 0.751. The highest BCUT2D eigenvalue weighted by molar-refractivity contribution is 7.74. The summed E-state index contributed by atoms with van der Waals surface area (Å²) in [5, 5.41) is 0. The molecule has 0 fully saturated rings. The zero-order valence-electron chi connectivity index (χ0n) is 6.28. The van der Waals surface area contributed by atoms with Gasteiger partial charge in [-0.3, -0.25) is 4.55 Å². The molecule has 1 N–H and O–H groups in total. The Balaban J connectivity index is 2.97. The van der Waals surface area contributed by atoms with E-state index in [-0.39, 0.29) is 5.75 Å². The Morgan fingerprint density at radius 2 is 2.25 bits per heavy atom. The zero-order valence-corrected chi connectivity index (χ0v) is 7.10. The molecule has 0 bridgehead atoms. The highest BCUT2D eigenvalue weighted by Crippen LogP contribution is 2.18. The Morgan fingerprint density at radius 3 is 2.83 bits per heavy atom. The highest BCUT2D eigenvalue weighted by Gasteiger charge is 2.05. The van der Waals surface area contributed by atoms with Crippen LogP contribution in [0.5, 0.6) is 5.75 Å². The average molecular weight is 190 g/mol. The van der Waals surface area contributed by atoms with Crippen molar-refractivity contribution >= 4 is 11.4 Å². The van der Waals surface area contributed by atoms with Crippen molar-refractivity contribution in [3.63, 3.8) is 0 Å². The maximum absolute atomic E-state index is 12.8. The van der Waals surface area contributed by atoms with Gasteiger partial charge < -0.3 is 4.18 Å². The van der Waals surface area contributed by atoms with Crippen molar-refractivity contribution in [1.29, 1.82) is 0 Å². The van der Waals surface area contributed by atoms with Gasteiger partial charge in [-0.05, 0) is 24.6 Å². The molecule has 0 radical (unpaired) electrons. The van der Waals surface area contributed by atoms with E-state index in [4.69, 9.17) is 4.55 Å². The van der Waals surface area contributed by atoms with Crippen LogP contribution in [-0.2, 0) is 11.4 Å². The smallest absolute Gasteiger partial charge is 0.357 e. The SMILES string of the molecule is Cc1ccc(F)c(OS(=O)O)c1. The fourth-order valence-corrected chi connectivity index (χ4v) is 1.03. The van der Waals surface area contributed by atoms with Crippen LogP contribution < -0.4 is 4.18 Å². The first-order chi connectivity index (χ1) is 5.59. The molecular weight excluding hydrogens is 183 g/mol. The van der Waals surface area contributed by atoms with Crippen molar-refractivity contribution in [2.45, 2.75) is 6.92 Å². The predicted octanol–water partition coefficient (Wildman–Crippen LogP) is 1.65. The topological polar surface area (TPSA) is 46.5 Å². The molecule has 0 saturated heterocycles. The van der Waals surface area contributed by atoms with Gasteiger partial charge >= 0.3 is 11.4 Å².